The van der Waals surface area contributed by atoms with Gasteiger partial charge in [-0.15, -0.1) is 0 Å². The van der Waals surface area contributed by atoms with Crippen LogP contribution in [0.5, 0.6) is 0 Å². The van der Waals surface area contributed by atoms with Crippen molar-refractivity contribution >= 4 is 11.6 Å². The zero-order chi connectivity index (χ0) is 18.8. The number of carbonyl (C=O) groups excluding carboxylic acids is 1. The van der Waals surface area contributed by atoms with E-state index in [0.717, 1.165) is 48.9 Å². The summed E-state index contributed by atoms with van der Waals surface area (Å²) in [6.45, 7) is 6.75. The third kappa shape index (κ3) is 3.98. The molecule has 1 aromatic carbocycles. The van der Waals surface area contributed by atoms with Crippen LogP contribution in [0.2, 0.25) is 0 Å². The second-order valence-electron chi connectivity index (χ2n) is 7.85. The van der Waals surface area contributed by atoms with E-state index in [9.17, 15) is 4.79 Å². The zero-order valence-corrected chi connectivity index (χ0v) is 16.1. The molecule has 0 N–H and O–H groups in total. The number of hydrogen-bond donors (Lipinski definition) is 0. The molecular weight excluding hydrogens is 338 g/mol. The van der Waals surface area contributed by atoms with Gasteiger partial charge in [-0.05, 0) is 56.5 Å². The van der Waals surface area contributed by atoms with Gasteiger partial charge in [0.2, 0.25) is 0 Å². The van der Waals surface area contributed by atoms with E-state index in [2.05, 4.69) is 43.0 Å². The number of amides is 1. The predicted octanol–water partition coefficient (Wildman–Crippen LogP) is 4.00. The average molecular weight is 365 g/mol. The van der Waals surface area contributed by atoms with Crippen molar-refractivity contribution in [1.29, 1.82) is 0 Å². The van der Waals surface area contributed by atoms with Gasteiger partial charge in [0.15, 0.2) is 0 Å². The lowest BCUT2D eigenvalue weighted by Gasteiger charge is -2.31. The van der Waals surface area contributed by atoms with Crippen molar-refractivity contribution in [1.82, 2.24) is 9.91 Å². The average Bonchev–Trinajstić information content (AvgIpc) is 3.33. The molecule has 0 radical (unpaired) electrons. The summed E-state index contributed by atoms with van der Waals surface area (Å²) in [5.41, 5.74) is 3.23. The molecule has 1 fully saturated rings. The maximum atomic E-state index is 13.1. The molecule has 27 heavy (non-hydrogen) atoms. The minimum Gasteiger partial charge on any atom is -0.467 e. The van der Waals surface area contributed by atoms with E-state index in [1.807, 2.05) is 12.1 Å². The van der Waals surface area contributed by atoms with Crippen LogP contribution in [0.25, 0.3) is 0 Å². The van der Waals surface area contributed by atoms with Crippen molar-refractivity contribution in [2.24, 2.45) is 11.0 Å². The lowest BCUT2D eigenvalue weighted by molar-refractivity contribution is -0.134. The molecular formula is C22H27N3O2. The standard InChI is InChI=1S/C22H27N3O2/c1-16-5-7-18(8-6-16)19-14-20(21-4-3-13-27-21)25(23-19)22(26)15-24-11-9-17(2)10-12-24/h3-8,13,17,20H,9-12,14-15H2,1-2H3/t20-/m1/s1. The number of hydrogen-bond acceptors (Lipinski definition) is 4. The second kappa shape index (κ2) is 7.69. The lowest BCUT2D eigenvalue weighted by atomic mass is 9.99. The molecule has 142 valence electrons. The topological polar surface area (TPSA) is 49.1 Å². The van der Waals surface area contributed by atoms with Crippen LogP contribution in [0.1, 0.15) is 49.1 Å². The first-order valence-electron chi connectivity index (χ1n) is 9.82. The van der Waals surface area contributed by atoms with E-state index in [-0.39, 0.29) is 11.9 Å². The SMILES string of the molecule is Cc1ccc(C2=NN(C(=O)CN3CCC(C)CC3)[C@@H](c3ccco3)C2)cc1. The van der Waals surface area contributed by atoms with E-state index >= 15 is 0 Å². The van der Waals surface area contributed by atoms with Crippen LogP contribution >= 0.6 is 0 Å². The van der Waals surface area contributed by atoms with Gasteiger partial charge >= 0.3 is 0 Å². The Hall–Kier alpha value is -2.40. The van der Waals surface area contributed by atoms with Crippen molar-refractivity contribution in [3.8, 4) is 0 Å². The lowest BCUT2D eigenvalue weighted by Crippen LogP contribution is -2.41. The van der Waals surface area contributed by atoms with Crippen molar-refractivity contribution in [2.75, 3.05) is 19.6 Å². The van der Waals surface area contributed by atoms with Crippen molar-refractivity contribution in [2.45, 2.75) is 39.2 Å². The molecule has 0 aliphatic carbocycles. The van der Waals surface area contributed by atoms with E-state index in [1.54, 1.807) is 11.3 Å². The summed E-state index contributed by atoms with van der Waals surface area (Å²) in [4.78, 5) is 15.3. The molecule has 5 nitrogen and oxygen atoms in total. The molecule has 0 bridgehead atoms. The van der Waals surface area contributed by atoms with E-state index in [0.29, 0.717) is 13.0 Å². The smallest absolute Gasteiger partial charge is 0.257 e. The summed E-state index contributed by atoms with van der Waals surface area (Å²) in [5.74, 6) is 1.60. The second-order valence-corrected chi connectivity index (χ2v) is 7.85. The molecule has 2 aliphatic heterocycles. The van der Waals surface area contributed by atoms with Gasteiger partial charge in [0.05, 0.1) is 18.5 Å². The summed E-state index contributed by atoms with van der Waals surface area (Å²) in [6, 6.07) is 12.0. The van der Waals surface area contributed by atoms with Crippen LogP contribution in [-0.2, 0) is 4.79 Å². The normalized spacial score (nSPS) is 21.5. The highest BCUT2D eigenvalue weighted by Gasteiger charge is 2.35. The van der Waals surface area contributed by atoms with Crippen LogP contribution in [0, 0.1) is 12.8 Å². The number of piperidine rings is 1. The molecule has 0 saturated carbocycles. The molecule has 5 heteroatoms. The fourth-order valence-electron chi connectivity index (χ4n) is 3.85. The number of likely N-dealkylation sites (tertiary alicyclic amines) is 1. The van der Waals surface area contributed by atoms with E-state index < -0.39 is 0 Å². The van der Waals surface area contributed by atoms with Crippen LogP contribution in [0.4, 0.5) is 0 Å². The van der Waals surface area contributed by atoms with Gasteiger partial charge in [0.25, 0.3) is 5.91 Å². The van der Waals surface area contributed by atoms with Gasteiger partial charge in [-0.25, -0.2) is 5.01 Å². The number of nitrogens with zero attached hydrogens (tertiary/aromatic N) is 3. The fourth-order valence-corrected chi connectivity index (χ4v) is 3.85. The largest absolute Gasteiger partial charge is 0.467 e. The molecule has 3 heterocycles. The van der Waals surface area contributed by atoms with E-state index in [4.69, 9.17) is 9.52 Å². The van der Waals surface area contributed by atoms with Gasteiger partial charge in [-0.1, -0.05) is 36.8 Å². The van der Waals surface area contributed by atoms with Gasteiger partial charge in [-0.3, -0.25) is 9.69 Å². The minimum absolute atomic E-state index is 0.0491. The number of furan rings is 1. The highest BCUT2D eigenvalue weighted by Crippen LogP contribution is 2.33. The molecule has 1 aromatic heterocycles. The number of aryl methyl sites for hydroxylation is 1. The molecule has 1 saturated heterocycles. The van der Waals surface area contributed by atoms with E-state index in [1.165, 1.54) is 5.56 Å². The Balaban J connectivity index is 1.54. The Labute approximate surface area is 160 Å². The third-order valence-corrected chi connectivity index (χ3v) is 5.66. The van der Waals surface area contributed by atoms with Crippen molar-refractivity contribution in [3.05, 3.63) is 59.5 Å². The molecule has 0 unspecified atom stereocenters. The van der Waals surface area contributed by atoms with Crippen LogP contribution in [0.15, 0.2) is 52.2 Å². The molecule has 2 aliphatic rings. The van der Waals surface area contributed by atoms with Crippen LogP contribution < -0.4 is 0 Å². The number of carbonyl (C=O) groups is 1. The van der Waals surface area contributed by atoms with Crippen LogP contribution in [-0.4, -0.2) is 41.2 Å². The number of hydrazone groups is 1. The van der Waals surface area contributed by atoms with Gasteiger partial charge in [0.1, 0.15) is 11.8 Å². The summed E-state index contributed by atoms with van der Waals surface area (Å²) in [6.07, 6.45) is 4.66. The summed E-state index contributed by atoms with van der Waals surface area (Å²) in [5, 5.41) is 6.36. The Morgan fingerprint density at radius 3 is 2.59 bits per heavy atom. The number of benzene rings is 1. The minimum atomic E-state index is -0.160. The molecule has 2 aromatic rings. The highest BCUT2D eigenvalue weighted by molar-refractivity contribution is 6.03. The Morgan fingerprint density at radius 2 is 1.93 bits per heavy atom. The quantitative estimate of drug-likeness (QED) is 0.823. The monoisotopic (exact) mass is 365 g/mol. The Morgan fingerprint density at radius 1 is 1.19 bits per heavy atom. The van der Waals surface area contributed by atoms with Gasteiger partial charge in [0, 0.05) is 6.42 Å². The van der Waals surface area contributed by atoms with Crippen molar-refractivity contribution in [3.63, 3.8) is 0 Å². The molecule has 1 atom stereocenters. The van der Waals surface area contributed by atoms with Crippen molar-refractivity contribution < 1.29 is 9.21 Å². The molecule has 0 spiro atoms. The fraction of sp³-hybridized carbons (Fsp3) is 0.455. The number of rotatable bonds is 4. The van der Waals surface area contributed by atoms with Gasteiger partial charge < -0.3 is 4.42 Å². The predicted molar refractivity (Wildman–Crippen MR) is 105 cm³/mol. The highest BCUT2D eigenvalue weighted by atomic mass is 16.3. The summed E-state index contributed by atoms with van der Waals surface area (Å²) in [7, 11) is 0. The zero-order valence-electron chi connectivity index (χ0n) is 16.1. The first-order valence-corrected chi connectivity index (χ1v) is 9.82. The first-order chi connectivity index (χ1) is 13.1. The summed E-state index contributed by atoms with van der Waals surface area (Å²) >= 11 is 0. The first kappa shape index (κ1) is 18.0. The Kier molecular flexibility index (Phi) is 5.12. The van der Waals surface area contributed by atoms with Gasteiger partial charge in [-0.2, -0.15) is 5.10 Å². The summed E-state index contributed by atoms with van der Waals surface area (Å²) < 4.78 is 5.62. The maximum absolute atomic E-state index is 13.1. The Bertz CT molecular complexity index is 803. The van der Waals surface area contributed by atoms with Crippen LogP contribution in [0.3, 0.4) is 0 Å². The maximum Gasteiger partial charge on any atom is 0.257 e. The molecule has 1 amide bonds. The third-order valence-electron chi connectivity index (χ3n) is 5.66. The molecule has 4 rings (SSSR count).